The van der Waals surface area contributed by atoms with Gasteiger partial charge in [0.05, 0.1) is 0 Å². The van der Waals surface area contributed by atoms with Crippen LogP contribution >= 0.6 is 7.92 Å². The Labute approximate surface area is 141 Å². The smallest absolute Gasteiger partial charge is 0.0285 e. The third-order valence-electron chi connectivity index (χ3n) is 4.53. The first-order valence-electron chi connectivity index (χ1n) is 8.12. The minimum absolute atomic E-state index is 0.430. The average Bonchev–Trinajstić information content (AvgIpc) is 3.05. The summed E-state index contributed by atoms with van der Waals surface area (Å²) in [6, 6.07) is 22.4. The molecule has 0 heterocycles. The molecule has 0 aliphatic heterocycles. The first-order valence-corrected chi connectivity index (χ1v) is 9.53. The van der Waals surface area contributed by atoms with Crippen molar-refractivity contribution in [1.29, 1.82) is 0 Å². The molecule has 2 aromatic carbocycles. The maximum Gasteiger partial charge on any atom is 0.0285 e. The number of likely N-dealkylation sites (N-methyl/N-ethyl adjacent to an activating group) is 1. The van der Waals surface area contributed by atoms with E-state index in [9.17, 15) is 0 Å². The highest BCUT2D eigenvalue weighted by Crippen LogP contribution is 2.46. The van der Waals surface area contributed by atoms with Crippen LogP contribution in [0.3, 0.4) is 0 Å². The van der Waals surface area contributed by atoms with E-state index in [0.717, 1.165) is 0 Å². The van der Waals surface area contributed by atoms with Crippen LogP contribution in [0.4, 0.5) is 0 Å². The monoisotopic (exact) mass is 321 g/mol. The van der Waals surface area contributed by atoms with Crippen LogP contribution in [0.25, 0.3) is 0 Å². The van der Waals surface area contributed by atoms with Gasteiger partial charge in [0.1, 0.15) is 0 Å². The van der Waals surface area contributed by atoms with Crippen molar-refractivity contribution in [1.82, 2.24) is 4.90 Å². The van der Waals surface area contributed by atoms with Crippen molar-refractivity contribution in [2.75, 3.05) is 14.1 Å². The number of hydrogen-bond acceptors (Lipinski definition) is 1. The molecule has 1 nitrogen and oxygen atoms in total. The topological polar surface area (TPSA) is 3.24 Å². The summed E-state index contributed by atoms with van der Waals surface area (Å²) in [5.41, 5.74) is 2.00. The van der Waals surface area contributed by atoms with Crippen LogP contribution in [-0.2, 0) is 0 Å². The zero-order valence-electron chi connectivity index (χ0n) is 14.1. The number of allylic oxidation sites excluding steroid dienone is 3. The Morgan fingerprint density at radius 1 is 0.870 bits per heavy atom. The Bertz CT molecular complexity index is 649. The number of nitrogens with zero attached hydrogens (tertiary/aromatic N) is 1. The molecule has 0 spiro atoms. The largest absolute Gasteiger partial charge is 0.303 e. The molecule has 0 aromatic heterocycles. The van der Waals surface area contributed by atoms with E-state index in [0.29, 0.717) is 11.7 Å². The maximum atomic E-state index is 2.39. The molecule has 3 rings (SSSR count). The van der Waals surface area contributed by atoms with E-state index < -0.39 is 7.92 Å². The van der Waals surface area contributed by atoms with Crippen molar-refractivity contribution in [3.63, 3.8) is 0 Å². The highest BCUT2D eigenvalue weighted by atomic mass is 31.1. The molecule has 0 fully saturated rings. The van der Waals surface area contributed by atoms with E-state index in [1.165, 1.54) is 16.2 Å². The molecule has 0 bridgehead atoms. The standard InChI is InChI=1S/C21H24NP/c1-17(22(2)3)20-15-10-16-21(20)23(18-11-6-4-7-12-18)19-13-8-5-9-14-19/h4-17,21H,1-3H3/t17-,21?/m0/s1. The van der Waals surface area contributed by atoms with Crippen LogP contribution in [0.5, 0.6) is 0 Å². The van der Waals surface area contributed by atoms with Crippen molar-refractivity contribution >= 4 is 18.5 Å². The summed E-state index contributed by atoms with van der Waals surface area (Å²) < 4.78 is 0. The second-order valence-corrected chi connectivity index (χ2v) is 8.51. The lowest BCUT2D eigenvalue weighted by Crippen LogP contribution is -2.32. The fourth-order valence-electron chi connectivity index (χ4n) is 3.05. The van der Waals surface area contributed by atoms with E-state index >= 15 is 0 Å². The van der Waals surface area contributed by atoms with Gasteiger partial charge in [0, 0.05) is 11.7 Å². The Kier molecular flexibility index (Phi) is 5.10. The molecule has 2 aromatic rings. The average molecular weight is 321 g/mol. The van der Waals surface area contributed by atoms with Gasteiger partial charge in [-0.2, -0.15) is 0 Å². The van der Waals surface area contributed by atoms with Gasteiger partial charge in [-0.1, -0.05) is 78.9 Å². The summed E-state index contributed by atoms with van der Waals surface area (Å²) in [6.07, 6.45) is 6.94. The SMILES string of the molecule is C[C@@H](C1=CC=CC1P(c1ccccc1)c1ccccc1)N(C)C. The van der Waals surface area contributed by atoms with E-state index in [1.807, 2.05) is 0 Å². The lowest BCUT2D eigenvalue weighted by Gasteiger charge is -2.32. The molecule has 0 saturated heterocycles. The zero-order valence-corrected chi connectivity index (χ0v) is 14.9. The fraction of sp³-hybridized carbons (Fsp3) is 0.238. The Balaban J connectivity index is 2.03. The van der Waals surface area contributed by atoms with Gasteiger partial charge >= 0.3 is 0 Å². The molecular weight excluding hydrogens is 297 g/mol. The Morgan fingerprint density at radius 2 is 1.39 bits per heavy atom. The normalized spacial score (nSPS) is 18.5. The number of benzene rings is 2. The van der Waals surface area contributed by atoms with Crippen molar-refractivity contribution in [3.05, 3.63) is 84.5 Å². The highest BCUT2D eigenvalue weighted by molar-refractivity contribution is 7.74. The minimum Gasteiger partial charge on any atom is -0.303 e. The summed E-state index contributed by atoms with van der Waals surface area (Å²) in [7, 11) is 3.89. The molecule has 0 amide bonds. The van der Waals surface area contributed by atoms with Gasteiger partial charge in [0.2, 0.25) is 0 Å². The fourth-order valence-corrected chi connectivity index (χ4v) is 5.85. The molecule has 0 saturated carbocycles. The molecule has 23 heavy (non-hydrogen) atoms. The first kappa shape index (κ1) is 16.2. The molecular formula is C21H24NP. The van der Waals surface area contributed by atoms with Crippen LogP contribution in [-0.4, -0.2) is 30.7 Å². The Morgan fingerprint density at radius 3 is 1.87 bits per heavy atom. The van der Waals surface area contributed by atoms with Gasteiger partial charge in [0.15, 0.2) is 0 Å². The molecule has 2 atom stereocenters. The van der Waals surface area contributed by atoms with Gasteiger partial charge in [-0.05, 0) is 45.1 Å². The molecule has 0 radical (unpaired) electrons. The second kappa shape index (κ2) is 7.25. The molecule has 1 aliphatic carbocycles. The first-order chi connectivity index (χ1) is 11.2. The van der Waals surface area contributed by atoms with Crippen LogP contribution in [0.2, 0.25) is 0 Å². The predicted octanol–water partition coefficient (Wildman–Crippen LogP) is 3.93. The van der Waals surface area contributed by atoms with Gasteiger partial charge in [-0.3, -0.25) is 0 Å². The summed E-state index contributed by atoms with van der Waals surface area (Å²) in [5.74, 6) is 0. The molecule has 1 aliphatic rings. The van der Waals surface area contributed by atoms with Crippen LogP contribution in [0, 0.1) is 0 Å². The maximum absolute atomic E-state index is 2.39. The van der Waals surface area contributed by atoms with Crippen molar-refractivity contribution in [2.45, 2.75) is 18.6 Å². The quantitative estimate of drug-likeness (QED) is 0.754. The van der Waals surface area contributed by atoms with E-state index in [2.05, 4.69) is 105 Å². The third-order valence-corrected chi connectivity index (χ3v) is 7.26. The third kappa shape index (κ3) is 3.47. The lowest BCUT2D eigenvalue weighted by molar-refractivity contribution is 0.349. The van der Waals surface area contributed by atoms with E-state index in [1.54, 1.807) is 0 Å². The molecule has 2 heteroatoms. The summed E-state index contributed by atoms with van der Waals surface area (Å²) in [6.45, 7) is 2.30. The van der Waals surface area contributed by atoms with Crippen LogP contribution in [0.1, 0.15) is 6.92 Å². The van der Waals surface area contributed by atoms with Gasteiger partial charge in [-0.25, -0.2) is 0 Å². The number of rotatable bonds is 5. The lowest BCUT2D eigenvalue weighted by atomic mass is 10.1. The summed E-state index contributed by atoms with van der Waals surface area (Å²) in [4.78, 5) is 2.30. The number of hydrogen-bond donors (Lipinski definition) is 0. The van der Waals surface area contributed by atoms with Crippen molar-refractivity contribution in [2.24, 2.45) is 0 Å². The molecule has 1 unspecified atom stereocenters. The minimum atomic E-state index is -0.430. The molecule has 118 valence electrons. The summed E-state index contributed by atoms with van der Waals surface area (Å²) in [5, 5.41) is 2.89. The van der Waals surface area contributed by atoms with Crippen molar-refractivity contribution < 1.29 is 0 Å². The van der Waals surface area contributed by atoms with E-state index in [-0.39, 0.29) is 0 Å². The van der Waals surface area contributed by atoms with Gasteiger partial charge in [-0.15, -0.1) is 0 Å². The van der Waals surface area contributed by atoms with Gasteiger partial charge < -0.3 is 4.90 Å². The van der Waals surface area contributed by atoms with Crippen molar-refractivity contribution in [3.8, 4) is 0 Å². The second-order valence-electron chi connectivity index (χ2n) is 6.18. The summed E-state index contributed by atoms with van der Waals surface area (Å²) >= 11 is 0. The molecule has 0 N–H and O–H groups in total. The van der Waals surface area contributed by atoms with Crippen LogP contribution < -0.4 is 10.6 Å². The predicted molar refractivity (Wildman–Crippen MR) is 103 cm³/mol. The zero-order chi connectivity index (χ0) is 16.2. The van der Waals surface area contributed by atoms with Gasteiger partial charge in [0.25, 0.3) is 0 Å². The van der Waals surface area contributed by atoms with Crippen LogP contribution in [0.15, 0.2) is 84.5 Å². The Hall–Kier alpha value is -1.69. The van der Waals surface area contributed by atoms with E-state index in [4.69, 9.17) is 0 Å². The highest BCUT2D eigenvalue weighted by Gasteiger charge is 2.30.